The Morgan fingerprint density at radius 1 is 1.07 bits per heavy atom. The second kappa shape index (κ2) is 9.23. The van der Waals surface area contributed by atoms with Crippen molar-refractivity contribution in [3.8, 4) is 11.3 Å². The third kappa shape index (κ3) is 4.44. The lowest BCUT2D eigenvalue weighted by molar-refractivity contribution is 0.122. The van der Waals surface area contributed by atoms with E-state index in [-0.39, 0.29) is 12.6 Å². The lowest BCUT2D eigenvalue weighted by Gasteiger charge is -2.26. The molecule has 4 rings (SSSR count). The van der Waals surface area contributed by atoms with E-state index in [1.54, 1.807) is 12.5 Å². The van der Waals surface area contributed by atoms with Crippen molar-refractivity contribution in [2.75, 3.05) is 56.8 Å². The number of aromatic nitrogens is 4. The first-order valence-corrected chi connectivity index (χ1v) is 10.2. The molecule has 1 aliphatic heterocycles. The molecule has 0 bridgehead atoms. The van der Waals surface area contributed by atoms with E-state index in [0.29, 0.717) is 25.6 Å². The van der Waals surface area contributed by atoms with Crippen LogP contribution in [0.1, 0.15) is 11.6 Å². The molecule has 1 fully saturated rings. The van der Waals surface area contributed by atoms with Crippen LogP contribution in [0.3, 0.4) is 0 Å². The van der Waals surface area contributed by atoms with Gasteiger partial charge in [-0.15, -0.1) is 0 Å². The molecule has 1 aliphatic rings. The van der Waals surface area contributed by atoms with Crippen LogP contribution in [0.2, 0.25) is 0 Å². The van der Waals surface area contributed by atoms with Gasteiger partial charge >= 0.3 is 0 Å². The molecule has 0 saturated carbocycles. The second-order valence-corrected chi connectivity index (χ2v) is 7.66. The van der Waals surface area contributed by atoms with Crippen LogP contribution in [0.4, 0.5) is 11.6 Å². The number of nitrogens with zero attached hydrogens (tertiary/aromatic N) is 6. The molecule has 0 unspecified atom stereocenters. The minimum atomic E-state index is -0.119. The summed E-state index contributed by atoms with van der Waals surface area (Å²) in [5.74, 6) is 0.716. The zero-order valence-electron chi connectivity index (χ0n) is 17.5. The summed E-state index contributed by atoms with van der Waals surface area (Å²) < 4.78 is 7.40. The van der Waals surface area contributed by atoms with E-state index < -0.39 is 0 Å². The molecule has 8 heteroatoms. The largest absolute Gasteiger partial charge is 0.394 e. The maximum atomic E-state index is 10.1. The number of hydrogen-bond donors (Lipinski definition) is 1. The van der Waals surface area contributed by atoms with Gasteiger partial charge in [-0.25, -0.2) is 15.0 Å². The minimum absolute atomic E-state index is 0.0194. The van der Waals surface area contributed by atoms with E-state index in [9.17, 15) is 5.11 Å². The number of hydrogen-bond acceptors (Lipinski definition) is 7. The van der Waals surface area contributed by atoms with Crippen LogP contribution in [0, 0.1) is 0 Å². The van der Waals surface area contributed by atoms with E-state index in [1.807, 2.05) is 31.1 Å². The van der Waals surface area contributed by atoms with Gasteiger partial charge in [-0.3, -0.25) is 0 Å². The van der Waals surface area contributed by atoms with Gasteiger partial charge < -0.3 is 24.2 Å². The smallest absolute Gasteiger partial charge is 0.225 e. The molecule has 1 saturated heterocycles. The number of benzene rings is 1. The fourth-order valence-corrected chi connectivity index (χ4v) is 3.65. The van der Waals surface area contributed by atoms with Crippen LogP contribution in [-0.4, -0.2) is 71.6 Å². The molecule has 3 aromatic rings. The van der Waals surface area contributed by atoms with Gasteiger partial charge in [-0.05, 0) is 24.1 Å². The predicted molar refractivity (Wildman–Crippen MR) is 117 cm³/mol. The molecule has 0 radical (unpaired) electrons. The third-order valence-corrected chi connectivity index (χ3v) is 5.42. The predicted octanol–water partition coefficient (Wildman–Crippen LogP) is 2.02. The number of morpholine rings is 1. The van der Waals surface area contributed by atoms with E-state index in [1.165, 1.54) is 5.56 Å². The van der Waals surface area contributed by atoms with Gasteiger partial charge in [0.15, 0.2) is 0 Å². The Hall–Kier alpha value is -2.97. The van der Waals surface area contributed by atoms with Gasteiger partial charge in [0.1, 0.15) is 0 Å². The fraction of sp³-hybridized carbons (Fsp3) is 0.409. The van der Waals surface area contributed by atoms with Gasteiger partial charge in [-0.1, -0.05) is 12.1 Å². The molecule has 0 amide bonds. The number of imidazole rings is 1. The highest BCUT2D eigenvalue weighted by Crippen LogP contribution is 2.25. The van der Waals surface area contributed by atoms with Crippen molar-refractivity contribution in [1.29, 1.82) is 0 Å². The van der Waals surface area contributed by atoms with Gasteiger partial charge in [0.25, 0.3) is 0 Å². The molecule has 1 N–H and O–H groups in total. The van der Waals surface area contributed by atoms with Crippen LogP contribution in [0.5, 0.6) is 0 Å². The molecule has 0 aliphatic carbocycles. The van der Waals surface area contributed by atoms with Gasteiger partial charge in [0, 0.05) is 50.8 Å². The summed E-state index contributed by atoms with van der Waals surface area (Å²) in [6, 6.07) is 8.28. The van der Waals surface area contributed by atoms with Crippen molar-refractivity contribution in [2.24, 2.45) is 0 Å². The van der Waals surface area contributed by atoms with Gasteiger partial charge in [0.05, 0.1) is 44.1 Å². The second-order valence-electron chi connectivity index (χ2n) is 7.66. The van der Waals surface area contributed by atoms with E-state index in [2.05, 4.69) is 49.0 Å². The number of anilines is 2. The lowest BCUT2D eigenvalue weighted by atomic mass is 10.0. The first-order chi connectivity index (χ1) is 14.7. The molecular weight excluding hydrogens is 380 g/mol. The number of ether oxygens (including phenoxy) is 1. The van der Waals surface area contributed by atoms with Crippen molar-refractivity contribution in [1.82, 2.24) is 19.5 Å². The quantitative estimate of drug-likeness (QED) is 0.641. The van der Waals surface area contributed by atoms with E-state index in [0.717, 1.165) is 30.0 Å². The number of rotatable bonds is 7. The topological polar surface area (TPSA) is 79.5 Å². The van der Waals surface area contributed by atoms with Crippen molar-refractivity contribution >= 4 is 11.6 Å². The summed E-state index contributed by atoms with van der Waals surface area (Å²) in [5.41, 5.74) is 4.09. The average molecular weight is 409 g/mol. The summed E-state index contributed by atoms with van der Waals surface area (Å²) >= 11 is 0. The lowest BCUT2D eigenvalue weighted by Crippen LogP contribution is -2.37. The Balaban J connectivity index is 1.52. The zero-order valence-corrected chi connectivity index (χ0v) is 17.5. The summed E-state index contributed by atoms with van der Waals surface area (Å²) in [4.78, 5) is 17.6. The van der Waals surface area contributed by atoms with Gasteiger partial charge in [0.2, 0.25) is 5.95 Å². The van der Waals surface area contributed by atoms with Crippen molar-refractivity contribution in [3.63, 3.8) is 0 Å². The molecule has 2 aromatic heterocycles. The first kappa shape index (κ1) is 20.3. The van der Waals surface area contributed by atoms with Gasteiger partial charge in [-0.2, -0.15) is 0 Å². The minimum Gasteiger partial charge on any atom is -0.394 e. The fourth-order valence-electron chi connectivity index (χ4n) is 3.65. The monoisotopic (exact) mass is 408 g/mol. The maximum Gasteiger partial charge on any atom is 0.225 e. The maximum absolute atomic E-state index is 10.1. The van der Waals surface area contributed by atoms with Crippen molar-refractivity contribution in [2.45, 2.75) is 12.5 Å². The van der Waals surface area contributed by atoms with Crippen LogP contribution in [0.15, 0.2) is 49.2 Å². The standard InChI is InChI=1S/C22H28N6O2/c1-26(2)19-5-3-17(4-6-19)11-20(15-29)28-16-23-14-21(28)18-12-24-22(25-13-18)27-7-9-30-10-8-27/h3-6,12-14,16,20,29H,7-11,15H2,1-2H3/t20-/m1/s1. The molecule has 1 atom stereocenters. The van der Waals surface area contributed by atoms with Crippen molar-refractivity contribution < 1.29 is 9.84 Å². The molecule has 158 valence electrons. The molecule has 8 nitrogen and oxygen atoms in total. The summed E-state index contributed by atoms with van der Waals surface area (Å²) in [7, 11) is 4.05. The summed E-state index contributed by atoms with van der Waals surface area (Å²) in [6.45, 7) is 3.02. The average Bonchev–Trinajstić information content (AvgIpc) is 3.28. The normalized spacial score (nSPS) is 15.2. The highest BCUT2D eigenvalue weighted by atomic mass is 16.5. The first-order valence-electron chi connectivity index (χ1n) is 10.2. The Labute approximate surface area is 176 Å². The molecule has 0 spiro atoms. The number of aliphatic hydroxyl groups excluding tert-OH is 1. The highest BCUT2D eigenvalue weighted by molar-refractivity contribution is 5.57. The Bertz CT molecular complexity index is 933. The van der Waals surface area contributed by atoms with Crippen molar-refractivity contribution in [3.05, 3.63) is 54.7 Å². The Morgan fingerprint density at radius 2 is 1.77 bits per heavy atom. The van der Waals surface area contributed by atoms with E-state index in [4.69, 9.17) is 4.74 Å². The van der Waals surface area contributed by atoms with Crippen LogP contribution >= 0.6 is 0 Å². The number of aliphatic hydroxyl groups is 1. The zero-order chi connectivity index (χ0) is 20.9. The Morgan fingerprint density at radius 3 is 2.40 bits per heavy atom. The molecule has 1 aromatic carbocycles. The Kier molecular flexibility index (Phi) is 6.25. The molecule has 30 heavy (non-hydrogen) atoms. The third-order valence-electron chi connectivity index (χ3n) is 5.42. The van der Waals surface area contributed by atoms with Crippen LogP contribution in [-0.2, 0) is 11.2 Å². The summed E-state index contributed by atoms with van der Waals surface area (Å²) in [5, 5.41) is 10.1. The molecule has 3 heterocycles. The molecular formula is C22H28N6O2. The van der Waals surface area contributed by atoms with Crippen LogP contribution in [0.25, 0.3) is 11.3 Å². The summed E-state index contributed by atoms with van der Waals surface area (Å²) in [6.07, 6.45) is 7.92. The van der Waals surface area contributed by atoms with E-state index >= 15 is 0 Å². The highest BCUT2D eigenvalue weighted by Gasteiger charge is 2.18. The van der Waals surface area contributed by atoms with Crippen LogP contribution < -0.4 is 9.80 Å². The SMILES string of the molecule is CN(C)c1ccc(C[C@H](CO)n2cncc2-c2cnc(N3CCOCC3)nc2)cc1.